The molecule has 3 aromatic rings. The monoisotopic (exact) mass is 393 g/mol. The predicted octanol–water partition coefficient (Wildman–Crippen LogP) is 3.91. The van der Waals surface area contributed by atoms with Crippen molar-refractivity contribution in [3.05, 3.63) is 41.4 Å². The van der Waals surface area contributed by atoms with Gasteiger partial charge < -0.3 is 24.6 Å². The number of halogens is 2. The fourth-order valence-electron chi connectivity index (χ4n) is 2.44. The third kappa shape index (κ3) is 3.96. The maximum absolute atomic E-state index is 14.2. The molecule has 0 aliphatic carbocycles. The van der Waals surface area contributed by atoms with Gasteiger partial charge >= 0.3 is 0 Å². The Hall–Kier alpha value is -2.84. The van der Waals surface area contributed by atoms with Gasteiger partial charge in [-0.25, -0.2) is 14.4 Å². The van der Waals surface area contributed by atoms with Gasteiger partial charge in [0.2, 0.25) is 0 Å². The van der Waals surface area contributed by atoms with Crippen LogP contribution < -0.4 is 14.8 Å². The van der Waals surface area contributed by atoms with Crippen molar-refractivity contribution in [1.29, 1.82) is 0 Å². The molecule has 7 nitrogen and oxygen atoms in total. The molecule has 0 saturated carbocycles. The first-order chi connectivity index (χ1) is 13.0. The van der Waals surface area contributed by atoms with Crippen molar-refractivity contribution in [1.82, 2.24) is 9.97 Å². The number of aromatic nitrogens is 2. The van der Waals surface area contributed by atoms with Crippen molar-refractivity contribution in [3.63, 3.8) is 0 Å². The Morgan fingerprint density at radius 2 is 1.96 bits per heavy atom. The molecule has 1 heterocycles. The highest BCUT2D eigenvalue weighted by Crippen LogP contribution is 2.36. The highest BCUT2D eigenvalue weighted by molar-refractivity contribution is 6.32. The van der Waals surface area contributed by atoms with Gasteiger partial charge in [-0.05, 0) is 18.2 Å². The van der Waals surface area contributed by atoms with Crippen molar-refractivity contribution in [2.75, 3.05) is 32.8 Å². The lowest BCUT2D eigenvalue weighted by Crippen LogP contribution is -2.06. The van der Waals surface area contributed by atoms with E-state index in [9.17, 15) is 9.50 Å². The number of fused-ring (bicyclic) bond motifs is 1. The second-order valence-corrected chi connectivity index (χ2v) is 5.87. The van der Waals surface area contributed by atoms with Crippen molar-refractivity contribution in [2.24, 2.45) is 0 Å². The zero-order valence-electron chi connectivity index (χ0n) is 14.6. The smallest absolute Gasteiger partial charge is 0.189 e. The molecule has 2 aromatic carbocycles. The van der Waals surface area contributed by atoms with Gasteiger partial charge in [0.15, 0.2) is 23.1 Å². The number of benzene rings is 2. The van der Waals surface area contributed by atoms with Crippen LogP contribution in [0.1, 0.15) is 0 Å². The lowest BCUT2D eigenvalue weighted by molar-refractivity contribution is 0.144. The van der Waals surface area contributed by atoms with Gasteiger partial charge in [0.25, 0.3) is 0 Å². The minimum Gasteiger partial charge on any atom is -0.504 e. The Kier molecular flexibility index (Phi) is 5.78. The summed E-state index contributed by atoms with van der Waals surface area (Å²) in [6.07, 6.45) is 1.34. The highest BCUT2D eigenvalue weighted by Gasteiger charge is 2.15. The Morgan fingerprint density at radius 1 is 1.15 bits per heavy atom. The third-order valence-electron chi connectivity index (χ3n) is 3.79. The molecule has 0 amide bonds. The molecule has 0 unspecified atom stereocenters. The molecular weight excluding hydrogens is 377 g/mol. The minimum atomic E-state index is -0.874. The van der Waals surface area contributed by atoms with Crippen LogP contribution in [0.25, 0.3) is 10.9 Å². The van der Waals surface area contributed by atoms with Crippen molar-refractivity contribution >= 4 is 34.0 Å². The summed E-state index contributed by atoms with van der Waals surface area (Å²) in [6, 6.07) is 6.18. The molecule has 0 aliphatic rings. The maximum Gasteiger partial charge on any atom is 0.189 e. The summed E-state index contributed by atoms with van der Waals surface area (Å²) in [5.41, 5.74) is 0.593. The van der Waals surface area contributed by atoms with Crippen LogP contribution in [-0.2, 0) is 4.74 Å². The lowest BCUT2D eigenvalue weighted by atomic mass is 10.2. The molecule has 0 fully saturated rings. The number of methoxy groups -OCH3 is 2. The molecule has 2 N–H and O–H groups in total. The Bertz CT molecular complexity index is 971. The lowest BCUT2D eigenvalue weighted by Gasteiger charge is -2.14. The van der Waals surface area contributed by atoms with Crippen LogP contribution in [-0.4, -0.2) is 42.5 Å². The van der Waals surface area contributed by atoms with Crippen molar-refractivity contribution < 1.29 is 23.7 Å². The quantitative estimate of drug-likeness (QED) is 0.588. The van der Waals surface area contributed by atoms with Gasteiger partial charge in [-0.1, -0.05) is 11.6 Å². The van der Waals surface area contributed by atoms with E-state index < -0.39 is 11.6 Å². The van der Waals surface area contributed by atoms with Gasteiger partial charge in [0.1, 0.15) is 18.8 Å². The van der Waals surface area contributed by atoms with Crippen molar-refractivity contribution in [2.45, 2.75) is 0 Å². The molecule has 0 atom stereocenters. The highest BCUT2D eigenvalue weighted by atomic mass is 35.5. The van der Waals surface area contributed by atoms with Gasteiger partial charge in [0.05, 0.1) is 29.9 Å². The summed E-state index contributed by atoms with van der Waals surface area (Å²) in [4.78, 5) is 8.38. The maximum atomic E-state index is 14.2. The van der Waals surface area contributed by atoms with Gasteiger partial charge in [-0.2, -0.15) is 0 Å². The fourth-order valence-corrected chi connectivity index (χ4v) is 2.58. The number of anilines is 2. The van der Waals surface area contributed by atoms with E-state index in [-0.39, 0.29) is 10.7 Å². The first-order valence-electron chi connectivity index (χ1n) is 7.93. The second kappa shape index (κ2) is 8.24. The number of hydrogen-bond donors (Lipinski definition) is 2. The number of rotatable bonds is 7. The number of phenols is 1. The van der Waals surface area contributed by atoms with Gasteiger partial charge in [-0.3, -0.25) is 0 Å². The summed E-state index contributed by atoms with van der Waals surface area (Å²) < 4.78 is 30.2. The number of phenolic OH excluding ortho intramolecular Hbond substituents is 1. The molecule has 27 heavy (non-hydrogen) atoms. The van der Waals surface area contributed by atoms with Crippen LogP contribution in [0, 0.1) is 5.82 Å². The molecule has 0 radical (unpaired) electrons. The number of aromatic hydroxyl groups is 1. The molecule has 0 saturated heterocycles. The molecular formula is C18H17ClFN3O4. The zero-order valence-corrected chi connectivity index (χ0v) is 15.4. The van der Waals surface area contributed by atoms with E-state index in [1.165, 1.54) is 25.6 Å². The van der Waals surface area contributed by atoms with Gasteiger partial charge in [0, 0.05) is 18.6 Å². The molecule has 0 bridgehead atoms. The first-order valence-corrected chi connectivity index (χ1v) is 8.31. The SMILES string of the molecule is COCCOc1cc2ncnc(Nc3ccc(Cl)c(O)c3F)c2cc1OC. The van der Waals surface area contributed by atoms with Crippen LogP contribution in [0.3, 0.4) is 0 Å². The molecule has 0 spiro atoms. The van der Waals surface area contributed by atoms with E-state index in [2.05, 4.69) is 15.3 Å². The summed E-state index contributed by atoms with van der Waals surface area (Å²) >= 11 is 5.71. The molecule has 0 aliphatic heterocycles. The number of ether oxygens (including phenoxy) is 3. The van der Waals surface area contributed by atoms with E-state index in [0.717, 1.165) is 0 Å². The standard InChI is InChI=1S/C18H17ClFN3O4/c1-25-5-6-27-15-8-13-10(7-14(15)26-2)18(22-9-21-13)23-12-4-3-11(19)17(24)16(12)20/h3-4,7-9,24H,5-6H2,1-2H3,(H,21,22,23). The van der Waals surface area contributed by atoms with E-state index in [1.807, 2.05) is 0 Å². The van der Waals surface area contributed by atoms with Crippen LogP contribution >= 0.6 is 11.6 Å². The first kappa shape index (κ1) is 18.9. The van der Waals surface area contributed by atoms with Crippen molar-refractivity contribution in [3.8, 4) is 17.2 Å². The summed E-state index contributed by atoms with van der Waals surface area (Å²) in [6.45, 7) is 0.779. The topological polar surface area (TPSA) is 85.7 Å². The molecule has 1 aromatic heterocycles. The molecule has 142 valence electrons. The van der Waals surface area contributed by atoms with Crippen LogP contribution in [0.5, 0.6) is 17.2 Å². The third-order valence-corrected chi connectivity index (χ3v) is 4.09. The second-order valence-electron chi connectivity index (χ2n) is 5.47. The van der Waals surface area contributed by atoms with Crippen LogP contribution in [0.2, 0.25) is 5.02 Å². The molecule has 9 heteroatoms. The summed E-state index contributed by atoms with van der Waals surface area (Å²) in [5.74, 6) is -0.201. The van der Waals surface area contributed by atoms with Gasteiger partial charge in [-0.15, -0.1) is 0 Å². The normalized spacial score (nSPS) is 10.8. The van der Waals surface area contributed by atoms with E-state index in [0.29, 0.717) is 41.4 Å². The van der Waals surface area contributed by atoms with Crippen LogP contribution in [0.4, 0.5) is 15.9 Å². The average molecular weight is 394 g/mol. The average Bonchev–Trinajstić information content (AvgIpc) is 2.68. The Morgan fingerprint density at radius 3 is 2.70 bits per heavy atom. The zero-order chi connectivity index (χ0) is 19.4. The number of nitrogens with zero attached hydrogens (tertiary/aromatic N) is 2. The number of nitrogens with one attached hydrogen (secondary N) is 1. The van der Waals surface area contributed by atoms with E-state index in [1.54, 1.807) is 19.2 Å². The fraction of sp³-hybridized carbons (Fsp3) is 0.222. The Labute approximate surface area is 159 Å². The predicted molar refractivity (Wildman–Crippen MR) is 99.8 cm³/mol. The largest absolute Gasteiger partial charge is 0.504 e. The summed E-state index contributed by atoms with van der Waals surface area (Å²) in [7, 11) is 3.10. The minimum absolute atomic E-state index is 0.0243. The number of hydrogen-bond acceptors (Lipinski definition) is 7. The molecule has 3 rings (SSSR count). The van der Waals surface area contributed by atoms with E-state index in [4.69, 9.17) is 25.8 Å². The Balaban J connectivity index is 2.00. The summed E-state index contributed by atoms with van der Waals surface area (Å²) in [5, 5.41) is 13.0. The van der Waals surface area contributed by atoms with Crippen LogP contribution in [0.15, 0.2) is 30.6 Å². The van der Waals surface area contributed by atoms with E-state index >= 15 is 0 Å².